The van der Waals surface area contributed by atoms with Crippen LogP contribution in [0.5, 0.6) is 0 Å². The van der Waals surface area contributed by atoms with Gasteiger partial charge in [0, 0.05) is 21.4 Å². The molecule has 0 atom stereocenters. The minimum Gasteiger partial charge on any atom is -0.398 e. The standard InChI is InChI=1S/C15H12Cl2N2O/c16-11-3-4-13(18)10(5-11)8-19-14-7-12(17)2-1-9(14)6-15(19)20/h1-5,7H,6,8,18H2. The molecule has 0 spiro atoms. The van der Waals surface area contributed by atoms with E-state index < -0.39 is 0 Å². The second kappa shape index (κ2) is 5.00. The van der Waals surface area contributed by atoms with Gasteiger partial charge in [-0.05, 0) is 41.5 Å². The smallest absolute Gasteiger partial charge is 0.231 e. The molecule has 0 fully saturated rings. The fraction of sp³-hybridized carbons (Fsp3) is 0.133. The highest BCUT2D eigenvalue weighted by Crippen LogP contribution is 2.33. The number of halogens is 2. The van der Waals surface area contributed by atoms with Crippen LogP contribution in [0.4, 0.5) is 11.4 Å². The Hall–Kier alpha value is -1.71. The normalized spacial score (nSPS) is 13.7. The van der Waals surface area contributed by atoms with Crippen molar-refractivity contribution in [1.29, 1.82) is 0 Å². The number of rotatable bonds is 2. The number of fused-ring (bicyclic) bond motifs is 1. The molecule has 1 aliphatic rings. The molecule has 0 bridgehead atoms. The summed E-state index contributed by atoms with van der Waals surface area (Å²) in [7, 11) is 0. The summed E-state index contributed by atoms with van der Waals surface area (Å²) in [5.41, 5.74) is 9.23. The van der Waals surface area contributed by atoms with E-state index in [9.17, 15) is 4.79 Å². The summed E-state index contributed by atoms with van der Waals surface area (Å²) in [5, 5.41) is 1.22. The molecule has 3 rings (SSSR count). The predicted molar refractivity (Wildman–Crippen MR) is 82.2 cm³/mol. The van der Waals surface area contributed by atoms with Crippen molar-refractivity contribution in [3.63, 3.8) is 0 Å². The van der Waals surface area contributed by atoms with E-state index in [0.29, 0.717) is 28.7 Å². The molecule has 3 nitrogen and oxygen atoms in total. The summed E-state index contributed by atoms with van der Waals surface area (Å²) in [6, 6.07) is 10.8. The third kappa shape index (κ3) is 2.35. The van der Waals surface area contributed by atoms with E-state index in [1.165, 1.54) is 0 Å². The van der Waals surface area contributed by atoms with Crippen molar-refractivity contribution in [2.45, 2.75) is 13.0 Å². The SMILES string of the molecule is Nc1ccc(Cl)cc1CN1C(=O)Cc2ccc(Cl)cc21. The molecule has 2 aromatic carbocycles. The van der Waals surface area contributed by atoms with Crippen LogP contribution in [0.2, 0.25) is 10.0 Å². The molecule has 0 saturated carbocycles. The van der Waals surface area contributed by atoms with E-state index in [0.717, 1.165) is 16.8 Å². The van der Waals surface area contributed by atoms with E-state index in [4.69, 9.17) is 28.9 Å². The van der Waals surface area contributed by atoms with Gasteiger partial charge in [0.15, 0.2) is 0 Å². The number of carbonyl (C=O) groups is 1. The lowest BCUT2D eigenvalue weighted by molar-refractivity contribution is -0.117. The molecule has 1 amide bonds. The monoisotopic (exact) mass is 306 g/mol. The predicted octanol–water partition coefficient (Wildman–Crippen LogP) is 3.66. The Balaban J connectivity index is 1.97. The summed E-state index contributed by atoms with van der Waals surface area (Å²) in [5.74, 6) is 0.0432. The lowest BCUT2D eigenvalue weighted by Gasteiger charge is -2.19. The van der Waals surface area contributed by atoms with Crippen molar-refractivity contribution >= 4 is 40.5 Å². The van der Waals surface area contributed by atoms with Crippen LogP contribution in [0.25, 0.3) is 0 Å². The van der Waals surface area contributed by atoms with Crippen molar-refractivity contribution in [2.75, 3.05) is 10.6 Å². The molecular formula is C15H12Cl2N2O. The summed E-state index contributed by atoms with van der Waals surface area (Å²) < 4.78 is 0. The van der Waals surface area contributed by atoms with Crippen LogP contribution in [-0.2, 0) is 17.8 Å². The Morgan fingerprint density at radius 3 is 2.60 bits per heavy atom. The highest BCUT2D eigenvalue weighted by Gasteiger charge is 2.27. The van der Waals surface area contributed by atoms with Gasteiger partial charge >= 0.3 is 0 Å². The minimum atomic E-state index is 0.0432. The molecule has 102 valence electrons. The molecule has 0 unspecified atom stereocenters. The van der Waals surface area contributed by atoms with Gasteiger partial charge in [-0.3, -0.25) is 4.79 Å². The molecule has 0 radical (unpaired) electrons. The van der Waals surface area contributed by atoms with E-state index in [2.05, 4.69) is 0 Å². The Bertz CT molecular complexity index is 700. The van der Waals surface area contributed by atoms with E-state index in [1.54, 1.807) is 29.2 Å². The van der Waals surface area contributed by atoms with Crippen molar-refractivity contribution < 1.29 is 4.79 Å². The van der Waals surface area contributed by atoms with Gasteiger partial charge in [-0.1, -0.05) is 29.3 Å². The van der Waals surface area contributed by atoms with Gasteiger partial charge in [-0.2, -0.15) is 0 Å². The lowest BCUT2D eigenvalue weighted by atomic mass is 10.1. The number of hydrogen-bond acceptors (Lipinski definition) is 2. The Morgan fingerprint density at radius 2 is 1.80 bits per heavy atom. The van der Waals surface area contributed by atoms with Crippen LogP contribution in [-0.4, -0.2) is 5.91 Å². The first-order chi connectivity index (χ1) is 9.54. The molecule has 20 heavy (non-hydrogen) atoms. The maximum atomic E-state index is 12.2. The first kappa shape index (κ1) is 13.3. The van der Waals surface area contributed by atoms with Crippen LogP contribution in [0.15, 0.2) is 36.4 Å². The molecule has 0 saturated heterocycles. The van der Waals surface area contributed by atoms with Crippen LogP contribution in [0.3, 0.4) is 0 Å². The molecule has 1 aliphatic heterocycles. The third-order valence-corrected chi connectivity index (χ3v) is 3.88. The topological polar surface area (TPSA) is 46.3 Å². The van der Waals surface area contributed by atoms with E-state index >= 15 is 0 Å². The minimum absolute atomic E-state index is 0.0432. The molecule has 0 aliphatic carbocycles. The number of hydrogen-bond donors (Lipinski definition) is 1. The molecule has 1 heterocycles. The number of nitrogens with zero attached hydrogens (tertiary/aromatic N) is 1. The zero-order chi connectivity index (χ0) is 14.3. The fourth-order valence-corrected chi connectivity index (χ4v) is 2.75. The van der Waals surface area contributed by atoms with Gasteiger partial charge in [0.05, 0.1) is 13.0 Å². The zero-order valence-electron chi connectivity index (χ0n) is 10.6. The molecule has 5 heteroatoms. The second-order valence-electron chi connectivity index (χ2n) is 4.77. The Kier molecular flexibility index (Phi) is 3.32. The maximum absolute atomic E-state index is 12.2. The fourth-order valence-electron chi connectivity index (χ4n) is 2.39. The van der Waals surface area contributed by atoms with E-state index in [-0.39, 0.29) is 5.91 Å². The second-order valence-corrected chi connectivity index (χ2v) is 5.65. The van der Waals surface area contributed by atoms with Crippen LogP contribution < -0.4 is 10.6 Å². The number of amides is 1. The van der Waals surface area contributed by atoms with Gasteiger partial charge < -0.3 is 10.6 Å². The maximum Gasteiger partial charge on any atom is 0.231 e. The van der Waals surface area contributed by atoms with Crippen molar-refractivity contribution in [2.24, 2.45) is 0 Å². The highest BCUT2D eigenvalue weighted by atomic mass is 35.5. The zero-order valence-corrected chi connectivity index (χ0v) is 12.1. The Labute approximate surface area is 126 Å². The number of anilines is 2. The van der Waals surface area contributed by atoms with Crippen molar-refractivity contribution in [3.8, 4) is 0 Å². The van der Waals surface area contributed by atoms with Gasteiger partial charge in [-0.25, -0.2) is 0 Å². The number of carbonyl (C=O) groups excluding carboxylic acids is 1. The average molecular weight is 307 g/mol. The number of nitrogen functional groups attached to an aromatic ring is 1. The highest BCUT2D eigenvalue weighted by molar-refractivity contribution is 6.31. The molecule has 0 aromatic heterocycles. The third-order valence-electron chi connectivity index (χ3n) is 3.41. The van der Waals surface area contributed by atoms with Gasteiger partial charge in [0.1, 0.15) is 0 Å². The number of benzene rings is 2. The molecule has 2 N–H and O–H groups in total. The largest absolute Gasteiger partial charge is 0.398 e. The van der Waals surface area contributed by atoms with Crippen molar-refractivity contribution in [1.82, 2.24) is 0 Å². The van der Waals surface area contributed by atoms with E-state index in [1.807, 2.05) is 12.1 Å². The number of nitrogens with two attached hydrogens (primary N) is 1. The van der Waals surface area contributed by atoms with Gasteiger partial charge in [0.2, 0.25) is 5.91 Å². The summed E-state index contributed by atoms with van der Waals surface area (Å²) in [6.07, 6.45) is 0.396. The van der Waals surface area contributed by atoms with Gasteiger partial charge in [-0.15, -0.1) is 0 Å². The average Bonchev–Trinajstić information content (AvgIpc) is 2.70. The van der Waals surface area contributed by atoms with Gasteiger partial charge in [0.25, 0.3) is 0 Å². The summed E-state index contributed by atoms with van der Waals surface area (Å²) in [6.45, 7) is 0.401. The lowest BCUT2D eigenvalue weighted by Crippen LogP contribution is -2.26. The molecular weight excluding hydrogens is 295 g/mol. The quantitative estimate of drug-likeness (QED) is 0.861. The summed E-state index contributed by atoms with van der Waals surface area (Å²) in [4.78, 5) is 13.8. The van der Waals surface area contributed by atoms with Crippen molar-refractivity contribution in [3.05, 3.63) is 57.6 Å². The first-order valence-electron chi connectivity index (χ1n) is 6.17. The van der Waals surface area contributed by atoms with Crippen LogP contribution in [0.1, 0.15) is 11.1 Å². The first-order valence-corrected chi connectivity index (χ1v) is 6.93. The molecule has 2 aromatic rings. The van der Waals surface area contributed by atoms with Crippen LogP contribution >= 0.6 is 23.2 Å². The van der Waals surface area contributed by atoms with Crippen LogP contribution in [0, 0.1) is 0 Å². The summed E-state index contributed by atoms with van der Waals surface area (Å²) >= 11 is 12.0. The Morgan fingerprint density at radius 1 is 1.10 bits per heavy atom.